The van der Waals surface area contributed by atoms with Gasteiger partial charge in [-0.2, -0.15) is 0 Å². The molecule has 0 fully saturated rings. The fraction of sp³-hybridized carbons (Fsp3) is 0.188. The molecule has 0 saturated heterocycles. The molecule has 0 aliphatic heterocycles. The molecule has 0 aliphatic carbocycles. The SMILES string of the molecule is CS(=O)(=O)N(CCC(=O)Nc1cccc(F)c1)c1ccccc1. The third kappa shape index (κ3) is 5.07. The number of para-hydroxylation sites is 1. The van der Waals surface area contributed by atoms with Crippen molar-refractivity contribution in [2.45, 2.75) is 6.42 Å². The van der Waals surface area contributed by atoms with E-state index in [1.165, 1.54) is 18.2 Å². The van der Waals surface area contributed by atoms with Gasteiger partial charge in [0.2, 0.25) is 15.9 Å². The van der Waals surface area contributed by atoms with E-state index in [1.54, 1.807) is 36.4 Å². The zero-order chi connectivity index (χ0) is 16.9. The van der Waals surface area contributed by atoms with Crippen molar-refractivity contribution in [3.05, 3.63) is 60.4 Å². The summed E-state index contributed by atoms with van der Waals surface area (Å²) >= 11 is 0. The van der Waals surface area contributed by atoms with Crippen LogP contribution in [0.15, 0.2) is 54.6 Å². The largest absolute Gasteiger partial charge is 0.326 e. The Labute approximate surface area is 134 Å². The van der Waals surface area contributed by atoms with E-state index < -0.39 is 15.8 Å². The highest BCUT2D eigenvalue weighted by Gasteiger charge is 2.18. The minimum absolute atomic E-state index is 0.00396. The van der Waals surface area contributed by atoms with Crippen molar-refractivity contribution >= 4 is 27.3 Å². The summed E-state index contributed by atoms with van der Waals surface area (Å²) in [5, 5.41) is 2.54. The van der Waals surface area contributed by atoms with E-state index in [9.17, 15) is 17.6 Å². The monoisotopic (exact) mass is 336 g/mol. The van der Waals surface area contributed by atoms with Gasteiger partial charge in [-0.3, -0.25) is 9.10 Å². The van der Waals surface area contributed by atoms with Gasteiger partial charge in [0, 0.05) is 18.7 Å². The molecule has 0 aliphatic rings. The van der Waals surface area contributed by atoms with Crippen LogP contribution in [0.5, 0.6) is 0 Å². The molecule has 0 unspecified atom stereocenters. The van der Waals surface area contributed by atoms with Gasteiger partial charge in [-0.05, 0) is 30.3 Å². The standard InChI is InChI=1S/C16H17FN2O3S/c1-23(21,22)19(15-8-3-2-4-9-15)11-10-16(20)18-14-7-5-6-13(17)12-14/h2-9,12H,10-11H2,1H3,(H,18,20). The van der Waals surface area contributed by atoms with Gasteiger partial charge in [0.25, 0.3) is 0 Å². The quantitative estimate of drug-likeness (QED) is 0.882. The maximum absolute atomic E-state index is 13.1. The molecule has 2 aromatic rings. The minimum Gasteiger partial charge on any atom is -0.326 e. The number of sulfonamides is 1. The topological polar surface area (TPSA) is 66.5 Å². The first-order valence-corrected chi connectivity index (χ1v) is 8.79. The molecule has 0 heterocycles. The third-order valence-corrected chi connectivity index (χ3v) is 4.29. The van der Waals surface area contributed by atoms with Crippen LogP contribution in [-0.4, -0.2) is 27.1 Å². The normalized spacial score (nSPS) is 11.0. The number of hydrogen-bond acceptors (Lipinski definition) is 3. The molecule has 2 aromatic carbocycles. The Morgan fingerprint density at radius 1 is 1.13 bits per heavy atom. The fourth-order valence-electron chi connectivity index (χ4n) is 2.07. The van der Waals surface area contributed by atoms with Gasteiger partial charge in [0.15, 0.2) is 0 Å². The van der Waals surface area contributed by atoms with Crippen molar-refractivity contribution in [1.29, 1.82) is 0 Å². The zero-order valence-electron chi connectivity index (χ0n) is 12.6. The molecule has 2 rings (SSSR count). The van der Waals surface area contributed by atoms with Crippen molar-refractivity contribution in [1.82, 2.24) is 0 Å². The van der Waals surface area contributed by atoms with Gasteiger partial charge in [-0.25, -0.2) is 12.8 Å². The number of carbonyl (C=O) groups excluding carboxylic acids is 1. The lowest BCUT2D eigenvalue weighted by atomic mass is 10.3. The molecule has 23 heavy (non-hydrogen) atoms. The molecule has 0 saturated carbocycles. The smallest absolute Gasteiger partial charge is 0.232 e. The Hall–Kier alpha value is -2.41. The predicted molar refractivity (Wildman–Crippen MR) is 88.3 cm³/mol. The lowest BCUT2D eigenvalue weighted by Crippen LogP contribution is -2.33. The van der Waals surface area contributed by atoms with Crippen LogP contribution in [0.2, 0.25) is 0 Å². The molecule has 5 nitrogen and oxygen atoms in total. The Morgan fingerprint density at radius 2 is 1.83 bits per heavy atom. The Morgan fingerprint density at radius 3 is 2.43 bits per heavy atom. The van der Waals surface area contributed by atoms with Crippen LogP contribution >= 0.6 is 0 Å². The predicted octanol–water partition coefficient (Wildman–Crippen LogP) is 2.62. The molecule has 1 amide bonds. The number of nitrogens with one attached hydrogen (secondary N) is 1. The summed E-state index contributed by atoms with van der Waals surface area (Å²) in [6, 6.07) is 14.1. The maximum Gasteiger partial charge on any atom is 0.232 e. The Balaban J connectivity index is 2.03. The van der Waals surface area contributed by atoms with Crippen LogP contribution in [0, 0.1) is 5.82 Å². The number of nitrogens with zero attached hydrogens (tertiary/aromatic N) is 1. The lowest BCUT2D eigenvalue weighted by Gasteiger charge is -2.22. The average molecular weight is 336 g/mol. The Kier molecular flexibility index (Phi) is 5.33. The number of benzene rings is 2. The van der Waals surface area contributed by atoms with Crippen molar-refractivity contribution in [3.63, 3.8) is 0 Å². The second-order valence-corrected chi connectivity index (χ2v) is 6.89. The summed E-state index contributed by atoms with van der Waals surface area (Å²) in [4.78, 5) is 11.9. The highest BCUT2D eigenvalue weighted by molar-refractivity contribution is 7.92. The molecular formula is C16H17FN2O3S. The van der Waals surface area contributed by atoms with Crippen LogP contribution in [0.25, 0.3) is 0 Å². The van der Waals surface area contributed by atoms with Crippen molar-refractivity contribution in [2.75, 3.05) is 22.4 Å². The van der Waals surface area contributed by atoms with Crippen LogP contribution in [-0.2, 0) is 14.8 Å². The number of amides is 1. The second-order valence-electron chi connectivity index (χ2n) is 4.98. The van der Waals surface area contributed by atoms with Gasteiger partial charge in [-0.15, -0.1) is 0 Å². The van der Waals surface area contributed by atoms with Crippen molar-refractivity contribution in [3.8, 4) is 0 Å². The maximum atomic E-state index is 13.1. The van der Waals surface area contributed by atoms with E-state index in [1.807, 2.05) is 0 Å². The summed E-state index contributed by atoms with van der Waals surface area (Å²) in [5.74, 6) is -0.843. The minimum atomic E-state index is -3.50. The Bertz CT molecular complexity index is 779. The fourth-order valence-corrected chi connectivity index (χ4v) is 3.00. The molecular weight excluding hydrogens is 319 g/mol. The number of rotatable bonds is 6. The number of anilines is 2. The summed E-state index contributed by atoms with van der Waals surface area (Å²) < 4.78 is 38.0. The lowest BCUT2D eigenvalue weighted by molar-refractivity contribution is -0.116. The van der Waals surface area contributed by atoms with Crippen molar-refractivity contribution in [2.24, 2.45) is 0 Å². The zero-order valence-corrected chi connectivity index (χ0v) is 13.4. The summed E-state index contributed by atoms with van der Waals surface area (Å²) in [5.41, 5.74) is 0.828. The van der Waals surface area contributed by atoms with E-state index in [4.69, 9.17) is 0 Å². The van der Waals surface area contributed by atoms with Gasteiger partial charge >= 0.3 is 0 Å². The molecule has 1 N–H and O–H groups in total. The highest BCUT2D eigenvalue weighted by atomic mass is 32.2. The van der Waals surface area contributed by atoms with Gasteiger partial charge in [0.05, 0.1) is 11.9 Å². The van der Waals surface area contributed by atoms with Crippen molar-refractivity contribution < 1.29 is 17.6 Å². The second kappa shape index (κ2) is 7.23. The summed E-state index contributed by atoms with van der Waals surface area (Å²) in [6.45, 7) is 0.00396. The van der Waals surface area contributed by atoms with Crippen LogP contribution in [0.1, 0.15) is 6.42 Å². The van der Waals surface area contributed by atoms with E-state index in [0.29, 0.717) is 11.4 Å². The molecule has 0 atom stereocenters. The first-order chi connectivity index (χ1) is 10.9. The molecule has 0 bridgehead atoms. The van der Waals surface area contributed by atoms with E-state index in [2.05, 4.69) is 5.32 Å². The van der Waals surface area contributed by atoms with Crippen LogP contribution < -0.4 is 9.62 Å². The number of halogens is 1. The number of carbonyl (C=O) groups is 1. The molecule has 0 radical (unpaired) electrons. The molecule has 0 spiro atoms. The summed E-state index contributed by atoms with van der Waals surface area (Å²) in [6.07, 6.45) is 1.04. The molecule has 122 valence electrons. The van der Waals surface area contributed by atoms with Crippen LogP contribution in [0.4, 0.5) is 15.8 Å². The first kappa shape index (κ1) is 17.0. The first-order valence-electron chi connectivity index (χ1n) is 6.94. The summed E-state index contributed by atoms with van der Waals surface area (Å²) in [7, 11) is -3.50. The molecule has 7 heteroatoms. The van der Waals surface area contributed by atoms with Gasteiger partial charge in [0.1, 0.15) is 5.82 Å². The third-order valence-electron chi connectivity index (χ3n) is 3.09. The van der Waals surface area contributed by atoms with E-state index >= 15 is 0 Å². The highest BCUT2D eigenvalue weighted by Crippen LogP contribution is 2.17. The van der Waals surface area contributed by atoms with Gasteiger partial charge in [-0.1, -0.05) is 24.3 Å². The molecule has 0 aromatic heterocycles. The average Bonchev–Trinajstić information content (AvgIpc) is 2.47. The van der Waals surface area contributed by atoms with Crippen LogP contribution in [0.3, 0.4) is 0 Å². The number of hydrogen-bond donors (Lipinski definition) is 1. The van der Waals surface area contributed by atoms with Gasteiger partial charge < -0.3 is 5.32 Å². The van der Waals surface area contributed by atoms with E-state index in [0.717, 1.165) is 10.6 Å². The van der Waals surface area contributed by atoms with E-state index in [-0.39, 0.29) is 18.9 Å².